The van der Waals surface area contributed by atoms with Gasteiger partial charge in [0.05, 0.1) is 0 Å². The van der Waals surface area contributed by atoms with Crippen molar-refractivity contribution < 1.29 is 28.1 Å². The summed E-state index contributed by atoms with van der Waals surface area (Å²) >= 11 is 0. The molecule has 1 aliphatic rings. The predicted octanol–water partition coefficient (Wildman–Crippen LogP) is 0.747. The number of hydrogen-bond donors (Lipinski definition) is 1. The van der Waals surface area contributed by atoms with Crippen LogP contribution in [-0.4, -0.2) is 16.8 Å². The molecule has 1 saturated heterocycles. The van der Waals surface area contributed by atoms with Gasteiger partial charge in [0.15, 0.2) is 0 Å². The van der Waals surface area contributed by atoms with Crippen molar-refractivity contribution in [3.63, 3.8) is 0 Å². The van der Waals surface area contributed by atoms with E-state index in [1.807, 2.05) is 0 Å². The van der Waals surface area contributed by atoms with Gasteiger partial charge in [-0.3, -0.25) is 14.5 Å². The van der Waals surface area contributed by atoms with E-state index in [1.54, 1.807) is 0 Å². The summed E-state index contributed by atoms with van der Waals surface area (Å²) in [5, 5.41) is 0. The quantitative estimate of drug-likeness (QED) is 0.590. The molecule has 0 atom stereocenters. The first-order valence-corrected chi connectivity index (χ1v) is 5.27. The van der Waals surface area contributed by atoms with Gasteiger partial charge in [-0.2, -0.15) is 0 Å². The molecule has 1 N–H and O–H groups in total. The fourth-order valence-corrected chi connectivity index (χ4v) is 1.64. The fraction of sp³-hybridized carbons (Fsp3) is 0.667. The Morgan fingerprint density at radius 2 is 1.46 bits per heavy atom. The van der Waals surface area contributed by atoms with Crippen molar-refractivity contribution in [2.45, 2.75) is 25.7 Å². The first-order chi connectivity index (χ1) is 5.99. The Kier molecular flexibility index (Phi) is 3.06. The van der Waals surface area contributed by atoms with Gasteiger partial charge in [-0.05, 0) is 12.8 Å². The number of phosphoric ester groups is 1. The topological polar surface area (TPSA) is 89.9 Å². The van der Waals surface area contributed by atoms with Crippen LogP contribution in [0.2, 0.25) is 0 Å². The van der Waals surface area contributed by atoms with Crippen LogP contribution in [0.4, 0.5) is 0 Å². The molecule has 1 aliphatic heterocycles. The molecule has 7 heteroatoms. The Labute approximate surface area is 74.5 Å². The molecule has 74 valence electrons. The third kappa shape index (κ3) is 3.57. The summed E-state index contributed by atoms with van der Waals surface area (Å²) in [4.78, 5) is 30.3. The lowest BCUT2D eigenvalue weighted by atomic mass is 10.2. The molecule has 0 aromatic carbocycles. The summed E-state index contributed by atoms with van der Waals surface area (Å²) in [6.07, 6.45) is 0.963. The lowest BCUT2D eigenvalue weighted by Crippen LogP contribution is -2.05. The first kappa shape index (κ1) is 10.2. The van der Waals surface area contributed by atoms with E-state index in [4.69, 9.17) is 4.89 Å². The van der Waals surface area contributed by atoms with Crippen LogP contribution in [0.3, 0.4) is 0 Å². The maximum atomic E-state index is 10.8. The lowest BCUT2D eigenvalue weighted by molar-refractivity contribution is -0.139. The molecule has 0 unspecified atom stereocenters. The van der Waals surface area contributed by atoms with E-state index in [-0.39, 0.29) is 12.8 Å². The third-order valence-electron chi connectivity index (χ3n) is 1.45. The minimum Gasteiger partial charge on any atom is -0.361 e. The molecular formula is C6H9O6P. The molecular weight excluding hydrogens is 199 g/mol. The molecule has 0 spiro atoms. The van der Waals surface area contributed by atoms with Crippen LogP contribution in [0.5, 0.6) is 0 Å². The van der Waals surface area contributed by atoms with Gasteiger partial charge in [0.25, 0.3) is 0 Å². The van der Waals surface area contributed by atoms with E-state index in [9.17, 15) is 14.2 Å². The van der Waals surface area contributed by atoms with Crippen LogP contribution >= 0.6 is 7.82 Å². The highest BCUT2D eigenvalue weighted by Crippen LogP contribution is 2.44. The molecule has 0 saturated carbocycles. The maximum Gasteiger partial charge on any atom is 0.589 e. The Balaban J connectivity index is 2.70. The first-order valence-electron chi connectivity index (χ1n) is 3.77. The molecule has 0 aliphatic carbocycles. The van der Waals surface area contributed by atoms with Gasteiger partial charge in [0.2, 0.25) is 0 Å². The zero-order valence-electron chi connectivity index (χ0n) is 6.76. The summed E-state index contributed by atoms with van der Waals surface area (Å²) in [6.45, 7) is 0. The van der Waals surface area contributed by atoms with Gasteiger partial charge in [0, 0.05) is 12.8 Å². The highest BCUT2D eigenvalue weighted by atomic mass is 31.2. The third-order valence-corrected chi connectivity index (χ3v) is 2.31. The monoisotopic (exact) mass is 208 g/mol. The summed E-state index contributed by atoms with van der Waals surface area (Å²) in [7, 11) is -4.50. The normalized spacial score (nSPS) is 23.5. The molecule has 0 radical (unpaired) electrons. The van der Waals surface area contributed by atoms with Crippen LogP contribution in [0.1, 0.15) is 25.7 Å². The van der Waals surface area contributed by atoms with Crippen molar-refractivity contribution in [1.82, 2.24) is 0 Å². The number of phosphoric acid groups is 1. The summed E-state index contributed by atoms with van der Waals surface area (Å²) in [5.41, 5.74) is 0. The second-order valence-electron chi connectivity index (χ2n) is 2.60. The van der Waals surface area contributed by atoms with Crippen molar-refractivity contribution in [2.75, 3.05) is 0 Å². The summed E-state index contributed by atoms with van der Waals surface area (Å²) in [5.74, 6) is -1.64. The van der Waals surface area contributed by atoms with Crippen molar-refractivity contribution in [3.8, 4) is 0 Å². The number of hydrogen-bond acceptors (Lipinski definition) is 5. The average Bonchev–Trinajstić information content (AvgIpc) is 1.99. The van der Waals surface area contributed by atoms with Gasteiger partial charge in [-0.15, -0.1) is 0 Å². The van der Waals surface area contributed by atoms with Gasteiger partial charge in [-0.1, -0.05) is 0 Å². The summed E-state index contributed by atoms with van der Waals surface area (Å²) < 4.78 is 19.0. The standard InChI is InChI=1S/C6H9O6P/c7-5-3-1-2-4-6(8)12-13(9,10)11-5/h1-4H2,(H,9,10). The van der Waals surface area contributed by atoms with Gasteiger partial charge >= 0.3 is 19.8 Å². The maximum absolute atomic E-state index is 10.8. The van der Waals surface area contributed by atoms with Gasteiger partial charge < -0.3 is 9.05 Å². The molecule has 6 nitrogen and oxygen atoms in total. The Morgan fingerprint density at radius 3 is 1.85 bits per heavy atom. The largest absolute Gasteiger partial charge is 0.589 e. The minimum absolute atomic E-state index is 0.0290. The van der Waals surface area contributed by atoms with E-state index in [2.05, 4.69) is 9.05 Å². The molecule has 0 bridgehead atoms. The molecule has 0 aromatic heterocycles. The van der Waals surface area contributed by atoms with Gasteiger partial charge in [0.1, 0.15) is 0 Å². The SMILES string of the molecule is O=C1CCCCC(=O)OP(=O)(O)O1. The molecule has 13 heavy (non-hydrogen) atoms. The van der Waals surface area contributed by atoms with Crippen LogP contribution in [0, 0.1) is 0 Å². The van der Waals surface area contributed by atoms with Crippen LogP contribution in [0.15, 0.2) is 0 Å². The van der Waals surface area contributed by atoms with Crippen molar-refractivity contribution in [3.05, 3.63) is 0 Å². The van der Waals surface area contributed by atoms with Crippen LogP contribution in [-0.2, 0) is 23.2 Å². The Hall–Kier alpha value is -0.870. The fourth-order valence-electron chi connectivity index (χ4n) is 0.906. The van der Waals surface area contributed by atoms with Crippen molar-refractivity contribution in [1.29, 1.82) is 0 Å². The zero-order valence-corrected chi connectivity index (χ0v) is 7.66. The average molecular weight is 208 g/mol. The molecule has 0 amide bonds. The Bertz CT molecular complexity index is 248. The van der Waals surface area contributed by atoms with E-state index in [1.165, 1.54) is 0 Å². The minimum atomic E-state index is -4.50. The van der Waals surface area contributed by atoms with E-state index >= 15 is 0 Å². The predicted molar refractivity (Wildman–Crippen MR) is 40.5 cm³/mol. The molecule has 1 fully saturated rings. The highest BCUT2D eigenvalue weighted by Gasteiger charge is 2.31. The number of carbonyl (C=O) groups excluding carboxylic acids is 2. The van der Waals surface area contributed by atoms with E-state index < -0.39 is 19.8 Å². The van der Waals surface area contributed by atoms with E-state index in [0.717, 1.165) is 0 Å². The number of carbonyl (C=O) groups is 2. The molecule has 0 aromatic rings. The number of rotatable bonds is 0. The lowest BCUT2D eigenvalue weighted by Gasteiger charge is -2.08. The Morgan fingerprint density at radius 1 is 1.08 bits per heavy atom. The smallest absolute Gasteiger partial charge is 0.361 e. The highest BCUT2D eigenvalue weighted by molar-refractivity contribution is 7.48. The van der Waals surface area contributed by atoms with Crippen molar-refractivity contribution >= 4 is 19.8 Å². The van der Waals surface area contributed by atoms with Gasteiger partial charge in [-0.25, -0.2) is 4.57 Å². The van der Waals surface area contributed by atoms with Crippen LogP contribution < -0.4 is 0 Å². The zero-order chi connectivity index (χ0) is 9.90. The van der Waals surface area contributed by atoms with Crippen molar-refractivity contribution in [2.24, 2.45) is 0 Å². The molecule has 1 rings (SSSR count). The second-order valence-corrected chi connectivity index (χ2v) is 3.90. The van der Waals surface area contributed by atoms with Crippen LogP contribution in [0.25, 0.3) is 0 Å². The summed E-state index contributed by atoms with van der Waals surface area (Å²) in [6, 6.07) is 0. The molecule has 1 heterocycles. The van der Waals surface area contributed by atoms with E-state index in [0.29, 0.717) is 12.8 Å². The second kappa shape index (κ2) is 3.89.